The first-order valence-electron chi connectivity index (χ1n) is 7.78. The van der Waals surface area contributed by atoms with Crippen molar-refractivity contribution in [3.8, 4) is 0 Å². The Morgan fingerprint density at radius 3 is 2.43 bits per heavy atom. The molecule has 1 amide bonds. The molecule has 21 heavy (non-hydrogen) atoms. The van der Waals surface area contributed by atoms with Gasteiger partial charge in [-0.2, -0.15) is 5.10 Å². The van der Waals surface area contributed by atoms with E-state index in [4.69, 9.17) is 4.74 Å². The summed E-state index contributed by atoms with van der Waals surface area (Å²) in [5, 5.41) is 4.47. The van der Waals surface area contributed by atoms with Crippen LogP contribution in [0.2, 0.25) is 0 Å². The molecule has 0 spiro atoms. The van der Waals surface area contributed by atoms with Crippen LogP contribution in [0.1, 0.15) is 65.0 Å². The van der Waals surface area contributed by atoms with Crippen LogP contribution >= 0.6 is 0 Å². The lowest BCUT2D eigenvalue weighted by molar-refractivity contribution is 0.0185. The van der Waals surface area contributed by atoms with Crippen molar-refractivity contribution in [2.24, 2.45) is 0 Å². The maximum Gasteiger partial charge on any atom is 0.410 e. The molecule has 5 heteroatoms. The van der Waals surface area contributed by atoms with Crippen molar-refractivity contribution in [1.29, 1.82) is 0 Å². The van der Waals surface area contributed by atoms with Crippen LogP contribution in [-0.4, -0.2) is 39.5 Å². The normalized spacial score (nSPS) is 17.3. The summed E-state index contributed by atoms with van der Waals surface area (Å²) < 4.78 is 7.48. The van der Waals surface area contributed by atoms with Crippen LogP contribution in [0.15, 0.2) is 12.4 Å². The van der Waals surface area contributed by atoms with Crippen molar-refractivity contribution >= 4 is 6.09 Å². The third kappa shape index (κ3) is 4.22. The summed E-state index contributed by atoms with van der Waals surface area (Å²) >= 11 is 0. The quantitative estimate of drug-likeness (QED) is 0.837. The van der Waals surface area contributed by atoms with Crippen molar-refractivity contribution < 1.29 is 9.53 Å². The second kappa shape index (κ2) is 6.08. The van der Waals surface area contributed by atoms with Crippen molar-refractivity contribution in [3.63, 3.8) is 0 Å². The number of ether oxygens (including phenoxy) is 1. The summed E-state index contributed by atoms with van der Waals surface area (Å²) in [6, 6.07) is 0.385. The monoisotopic (exact) mass is 293 g/mol. The first-order chi connectivity index (χ1) is 9.76. The Hall–Kier alpha value is -1.52. The van der Waals surface area contributed by atoms with E-state index in [1.165, 1.54) is 5.56 Å². The van der Waals surface area contributed by atoms with Gasteiger partial charge < -0.3 is 9.64 Å². The fraction of sp³-hybridized carbons (Fsp3) is 0.750. The van der Waals surface area contributed by atoms with E-state index < -0.39 is 5.60 Å². The van der Waals surface area contributed by atoms with E-state index in [0.29, 0.717) is 12.0 Å². The zero-order valence-corrected chi connectivity index (χ0v) is 13.8. The summed E-state index contributed by atoms with van der Waals surface area (Å²) in [6.07, 6.45) is 5.74. The van der Waals surface area contributed by atoms with Crippen molar-refractivity contribution in [1.82, 2.24) is 14.7 Å². The first kappa shape index (κ1) is 15.9. The number of carbonyl (C=O) groups is 1. The lowest BCUT2D eigenvalue weighted by Crippen LogP contribution is -2.42. The predicted molar refractivity (Wildman–Crippen MR) is 82.4 cm³/mol. The number of likely N-dealkylation sites (tertiary alicyclic amines) is 1. The third-order valence-electron chi connectivity index (χ3n) is 3.78. The topological polar surface area (TPSA) is 47.4 Å². The van der Waals surface area contributed by atoms with Gasteiger partial charge in [0.15, 0.2) is 0 Å². The van der Waals surface area contributed by atoms with E-state index in [0.717, 1.165) is 25.9 Å². The second-order valence-corrected chi connectivity index (χ2v) is 7.11. The molecule has 0 aromatic carbocycles. The van der Waals surface area contributed by atoms with Gasteiger partial charge in [0.05, 0.1) is 12.2 Å². The SMILES string of the molecule is CC(C)c1cnn(C2CCN(C(=O)OC(C)(C)C)CC2)c1. The Morgan fingerprint density at radius 1 is 1.33 bits per heavy atom. The summed E-state index contributed by atoms with van der Waals surface area (Å²) in [7, 11) is 0. The summed E-state index contributed by atoms with van der Waals surface area (Å²) in [5.74, 6) is 0.501. The molecule has 0 saturated carbocycles. The number of piperidine rings is 1. The second-order valence-electron chi connectivity index (χ2n) is 7.11. The van der Waals surface area contributed by atoms with Gasteiger partial charge in [0.1, 0.15) is 5.60 Å². The predicted octanol–water partition coefficient (Wildman–Crippen LogP) is 3.58. The van der Waals surface area contributed by atoms with Gasteiger partial charge in [-0.05, 0) is 45.1 Å². The molecular formula is C16H27N3O2. The molecular weight excluding hydrogens is 266 g/mol. The van der Waals surface area contributed by atoms with Gasteiger partial charge in [-0.15, -0.1) is 0 Å². The molecule has 1 aliphatic heterocycles. The minimum absolute atomic E-state index is 0.204. The average Bonchev–Trinajstić information content (AvgIpc) is 2.86. The maximum absolute atomic E-state index is 12.0. The van der Waals surface area contributed by atoms with Gasteiger partial charge >= 0.3 is 6.09 Å². The third-order valence-corrected chi connectivity index (χ3v) is 3.78. The molecule has 1 saturated heterocycles. The van der Waals surface area contributed by atoms with Crippen LogP contribution in [0, 0.1) is 0 Å². The van der Waals surface area contributed by atoms with Gasteiger partial charge in [-0.25, -0.2) is 4.79 Å². The lowest BCUT2D eigenvalue weighted by Gasteiger charge is -2.33. The Bertz CT molecular complexity index is 480. The van der Waals surface area contributed by atoms with Gasteiger partial charge in [0, 0.05) is 19.3 Å². The van der Waals surface area contributed by atoms with E-state index in [9.17, 15) is 4.79 Å². The van der Waals surface area contributed by atoms with Crippen LogP contribution < -0.4 is 0 Å². The van der Waals surface area contributed by atoms with Gasteiger partial charge in [0.2, 0.25) is 0 Å². The summed E-state index contributed by atoms with van der Waals surface area (Å²) in [6.45, 7) is 11.5. The fourth-order valence-electron chi connectivity index (χ4n) is 2.49. The number of hydrogen-bond acceptors (Lipinski definition) is 3. The van der Waals surface area contributed by atoms with Crippen LogP contribution in [-0.2, 0) is 4.74 Å². The molecule has 118 valence electrons. The van der Waals surface area contributed by atoms with Gasteiger partial charge in [-0.1, -0.05) is 13.8 Å². The first-order valence-corrected chi connectivity index (χ1v) is 7.78. The molecule has 1 fully saturated rings. The minimum atomic E-state index is -0.428. The molecule has 0 unspecified atom stereocenters. The molecule has 1 aromatic rings. The number of aromatic nitrogens is 2. The van der Waals surface area contributed by atoms with E-state index in [2.05, 4.69) is 29.8 Å². The molecule has 1 aromatic heterocycles. The lowest BCUT2D eigenvalue weighted by atomic mass is 10.1. The van der Waals surface area contributed by atoms with Gasteiger partial charge in [-0.3, -0.25) is 4.68 Å². The number of hydrogen-bond donors (Lipinski definition) is 0. The van der Waals surface area contributed by atoms with Gasteiger partial charge in [0.25, 0.3) is 0 Å². The largest absolute Gasteiger partial charge is 0.444 e. The van der Waals surface area contributed by atoms with Crippen molar-refractivity contribution in [2.75, 3.05) is 13.1 Å². The zero-order chi connectivity index (χ0) is 15.6. The number of carbonyl (C=O) groups excluding carboxylic acids is 1. The van der Waals surface area contributed by atoms with E-state index in [1.54, 1.807) is 4.90 Å². The number of rotatable bonds is 2. The highest BCUT2D eigenvalue weighted by Gasteiger charge is 2.27. The Kier molecular flexibility index (Phi) is 4.59. The molecule has 0 bridgehead atoms. The van der Waals surface area contributed by atoms with E-state index in [-0.39, 0.29) is 6.09 Å². The summed E-state index contributed by atoms with van der Waals surface area (Å²) in [4.78, 5) is 13.8. The number of nitrogens with zero attached hydrogens (tertiary/aromatic N) is 3. The Balaban J connectivity index is 1.89. The van der Waals surface area contributed by atoms with E-state index in [1.807, 2.05) is 27.0 Å². The molecule has 0 N–H and O–H groups in total. The standard InChI is InChI=1S/C16H27N3O2/c1-12(2)13-10-17-19(11-13)14-6-8-18(9-7-14)15(20)21-16(3,4)5/h10-12,14H,6-9H2,1-5H3. The van der Waals surface area contributed by atoms with Crippen LogP contribution in [0.25, 0.3) is 0 Å². The highest BCUT2D eigenvalue weighted by Crippen LogP contribution is 2.24. The molecule has 2 heterocycles. The van der Waals surface area contributed by atoms with Crippen LogP contribution in [0.4, 0.5) is 4.79 Å². The zero-order valence-electron chi connectivity index (χ0n) is 13.8. The molecule has 0 aliphatic carbocycles. The van der Waals surface area contributed by atoms with Crippen LogP contribution in [0.3, 0.4) is 0 Å². The van der Waals surface area contributed by atoms with Crippen molar-refractivity contribution in [2.45, 2.75) is 65.0 Å². The average molecular weight is 293 g/mol. The molecule has 0 radical (unpaired) electrons. The fourth-order valence-corrected chi connectivity index (χ4v) is 2.49. The molecule has 5 nitrogen and oxygen atoms in total. The Labute approximate surface area is 127 Å². The van der Waals surface area contributed by atoms with E-state index >= 15 is 0 Å². The number of amides is 1. The molecule has 1 aliphatic rings. The smallest absolute Gasteiger partial charge is 0.410 e. The Morgan fingerprint density at radius 2 is 1.95 bits per heavy atom. The minimum Gasteiger partial charge on any atom is -0.444 e. The van der Waals surface area contributed by atoms with Crippen LogP contribution in [0.5, 0.6) is 0 Å². The highest BCUT2D eigenvalue weighted by atomic mass is 16.6. The summed E-state index contributed by atoms with van der Waals surface area (Å²) in [5.41, 5.74) is 0.840. The molecule has 2 rings (SSSR count). The molecule has 0 atom stereocenters. The highest BCUT2D eigenvalue weighted by molar-refractivity contribution is 5.68. The van der Waals surface area contributed by atoms with Crippen molar-refractivity contribution in [3.05, 3.63) is 18.0 Å². The maximum atomic E-state index is 12.0.